The Morgan fingerprint density at radius 3 is 3.06 bits per heavy atom. The van der Waals surface area contributed by atoms with Crippen molar-refractivity contribution in [1.29, 1.82) is 0 Å². The van der Waals surface area contributed by atoms with E-state index in [-0.39, 0.29) is 17.4 Å². The lowest BCUT2D eigenvalue weighted by Crippen LogP contribution is -1.98. The number of ether oxygens (including phenoxy) is 2. The Kier molecular flexibility index (Phi) is 3.27. The van der Waals surface area contributed by atoms with Crippen LogP contribution in [0.15, 0.2) is 23.9 Å². The summed E-state index contributed by atoms with van der Waals surface area (Å²) in [5, 5.41) is 10.9. The number of fused-ring (bicyclic) bond motifs is 1. The largest absolute Gasteiger partial charge is 0.454 e. The molecule has 0 aromatic heterocycles. The standard InChI is InChI=1S/C12H13NO4/c1-2-4-10(13(14)15)7-9-5-3-6-11-12(9)17-8-16-11/h3,5-7H,2,4,8H2,1H3/b10-7-. The highest BCUT2D eigenvalue weighted by molar-refractivity contribution is 5.63. The zero-order chi connectivity index (χ0) is 12.3. The van der Waals surface area contributed by atoms with Crippen molar-refractivity contribution in [2.75, 3.05) is 6.79 Å². The molecule has 0 fully saturated rings. The minimum Gasteiger partial charge on any atom is -0.454 e. The summed E-state index contributed by atoms with van der Waals surface area (Å²) in [6, 6.07) is 5.36. The summed E-state index contributed by atoms with van der Waals surface area (Å²) in [6.45, 7) is 2.08. The van der Waals surface area contributed by atoms with E-state index in [0.717, 1.165) is 6.42 Å². The number of rotatable bonds is 4. The zero-order valence-corrected chi connectivity index (χ0v) is 9.51. The highest BCUT2D eigenvalue weighted by Gasteiger charge is 2.18. The summed E-state index contributed by atoms with van der Waals surface area (Å²) < 4.78 is 10.5. The first-order chi connectivity index (χ1) is 8.22. The summed E-state index contributed by atoms with van der Waals surface area (Å²) in [5.41, 5.74) is 0.886. The van der Waals surface area contributed by atoms with E-state index in [4.69, 9.17) is 9.47 Å². The van der Waals surface area contributed by atoms with E-state index in [1.807, 2.05) is 6.92 Å². The van der Waals surface area contributed by atoms with Gasteiger partial charge in [0.15, 0.2) is 11.5 Å². The van der Waals surface area contributed by atoms with Crippen LogP contribution >= 0.6 is 0 Å². The van der Waals surface area contributed by atoms with Crippen LogP contribution in [0.1, 0.15) is 25.3 Å². The molecule has 1 aliphatic heterocycles. The molecule has 0 unspecified atom stereocenters. The predicted molar refractivity (Wildman–Crippen MR) is 62.4 cm³/mol. The molecule has 2 rings (SSSR count). The first kappa shape index (κ1) is 11.4. The normalized spacial score (nSPS) is 13.8. The molecule has 0 saturated carbocycles. The maximum atomic E-state index is 10.9. The Bertz CT molecular complexity index is 468. The van der Waals surface area contributed by atoms with Crippen LogP contribution < -0.4 is 9.47 Å². The molecule has 0 aliphatic carbocycles. The van der Waals surface area contributed by atoms with E-state index in [1.54, 1.807) is 24.3 Å². The van der Waals surface area contributed by atoms with E-state index in [9.17, 15) is 10.1 Å². The van der Waals surface area contributed by atoms with Crippen molar-refractivity contribution in [3.8, 4) is 11.5 Å². The quantitative estimate of drug-likeness (QED) is 0.594. The van der Waals surface area contributed by atoms with Gasteiger partial charge >= 0.3 is 0 Å². The highest BCUT2D eigenvalue weighted by Crippen LogP contribution is 2.36. The first-order valence-corrected chi connectivity index (χ1v) is 5.46. The molecule has 0 atom stereocenters. The van der Waals surface area contributed by atoms with Crippen molar-refractivity contribution in [2.24, 2.45) is 0 Å². The second kappa shape index (κ2) is 4.86. The number of para-hydroxylation sites is 1. The van der Waals surface area contributed by atoms with Gasteiger partial charge in [-0.25, -0.2) is 0 Å². The van der Waals surface area contributed by atoms with E-state index in [0.29, 0.717) is 23.5 Å². The average molecular weight is 235 g/mol. The lowest BCUT2D eigenvalue weighted by molar-refractivity contribution is -0.426. The van der Waals surface area contributed by atoms with E-state index in [1.165, 1.54) is 0 Å². The molecule has 1 aliphatic rings. The van der Waals surface area contributed by atoms with Crippen LogP contribution in [0, 0.1) is 10.1 Å². The molecule has 1 aromatic carbocycles. The molecule has 5 nitrogen and oxygen atoms in total. The minimum absolute atomic E-state index is 0.168. The molecule has 1 aromatic rings. The fourth-order valence-electron chi connectivity index (χ4n) is 1.72. The van der Waals surface area contributed by atoms with Crippen LogP contribution in [0.4, 0.5) is 0 Å². The Morgan fingerprint density at radius 1 is 1.53 bits per heavy atom. The van der Waals surface area contributed by atoms with Crippen LogP contribution in [0.2, 0.25) is 0 Å². The summed E-state index contributed by atoms with van der Waals surface area (Å²) >= 11 is 0. The number of hydrogen-bond acceptors (Lipinski definition) is 4. The minimum atomic E-state index is -0.349. The third-order valence-electron chi connectivity index (χ3n) is 2.49. The third-order valence-corrected chi connectivity index (χ3v) is 2.49. The number of nitro groups is 1. The Labute approximate surface area is 98.8 Å². The van der Waals surface area contributed by atoms with Crippen LogP contribution in [0.3, 0.4) is 0 Å². The maximum absolute atomic E-state index is 10.9. The van der Waals surface area contributed by atoms with Crippen molar-refractivity contribution < 1.29 is 14.4 Å². The lowest BCUT2D eigenvalue weighted by Gasteiger charge is -2.01. The summed E-state index contributed by atoms with van der Waals surface area (Å²) in [7, 11) is 0. The topological polar surface area (TPSA) is 61.6 Å². The van der Waals surface area contributed by atoms with Crippen LogP contribution in [0.25, 0.3) is 6.08 Å². The Morgan fingerprint density at radius 2 is 2.35 bits per heavy atom. The van der Waals surface area contributed by atoms with Gasteiger partial charge in [0.2, 0.25) is 12.5 Å². The van der Waals surface area contributed by atoms with Gasteiger partial charge in [-0.3, -0.25) is 10.1 Å². The van der Waals surface area contributed by atoms with Gasteiger partial charge in [0, 0.05) is 18.1 Å². The van der Waals surface area contributed by atoms with Crippen molar-refractivity contribution in [2.45, 2.75) is 19.8 Å². The van der Waals surface area contributed by atoms with Crippen molar-refractivity contribution in [3.63, 3.8) is 0 Å². The SMILES string of the molecule is CCC/C(=C/c1cccc2c1OCO2)[N+](=O)[O-]. The molecular weight excluding hydrogens is 222 g/mol. The zero-order valence-electron chi connectivity index (χ0n) is 9.51. The van der Waals surface area contributed by atoms with Gasteiger partial charge in [-0.1, -0.05) is 19.1 Å². The van der Waals surface area contributed by atoms with Crippen LogP contribution in [-0.4, -0.2) is 11.7 Å². The Hall–Kier alpha value is -2.04. The molecule has 5 heteroatoms. The molecule has 0 saturated heterocycles. The van der Waals surface area contributed by atoms with E-state index >= 15 is 0 Å². The highest BCUT2D eigenvalue weighted by atomic mass is 16.7. The summed E-state index contributed by atoms with van der Waals surface area (Å²) in [4.78, 5) is 10.5. The molecule has 0 N–H and O–H groups in total. The summed E-state index contributed by atoms with van der Waals surface area (Å²) in [5.74, 6) is 1.22. The van der Waals surface area contributed by atoms with E-state index in [2.05, 4.69) is 0 Å². The predicted octanol–water partition coefficient (Wildman–Crippen LogP) is 2.83. The monoisotopic (exact) mass is 235 g/mol. The lowest BCUT2D eigenvalue weighted by atomic mass is 10.1. The van der Waals surface area contributed by atoms with Gasteiger partial charge in [-0.15, -0.1) is 0 Å². The fourth-order valence-corrected chi connectivity index (χ4v) is 1.72. The maximum Gasteiger partial charge on any atom is 0.246 e. The van der Waals surface area contributed by atoms with Crippen LogP contribution in [0.5, 0.6) is 11.5 Å². The smallest absolute Gasteiger partial charge is 0.246 e. The molecule has 90 valence electrons. The molecule has 0 spiro atoms. The molecular formula is C12H13NO4. The van der Waals surface area contributed by atoms with E-state index < -0.39 is 0 Å². The molecule has 1 heterocycles. The van der Waals surface area contributed by atoms with Crippen molar-refractivity contribution >= 4 is 6.08 Å². The molecule has 0 amide bonds. The third kappa shape index (κ3) is 2.38. The van der Waals surface area contributed by atoms with Gasteiger partial charge in [0.05, 0.1) is 4.92 Å². The molecule has 0 radical (unpaired) electrons. The van der Waals surface area contributed by atoms with Gasteiger partial charge in [0.25, 0.3) is 0 Å². The van der Waals surface area contributed by atoms with Crippen molar-refractivity contribution in [1.82, 2.24) is 0 Å². The Balaban J connectivity index is 2.37. The van der Waals surface area contributed by atoms with Gasteiger partial charge in [0.1, 0.15) is 0 Å². The van der Waals surface area contributed by atoms with Gasteiger partial charge < -0.3 is 9.47 Å². The van der Waals surface area contributed by atoms with Gasteiger partial charge in [-0.05, 0) is 12.5 Å². The average Bonchev–Trinajstić information content (AvgIpc) is 2.77. The molecule has 0 bridgehead atoms. The van der Waals surface area contributed by atoms with Crippen LogP contribution in [-0.2, 0) is 0 Å². The summed E-state index contributed by atoms with van der Waals surface area (Å²) in [6.07, 6.45) is 2.73. The number of allylic oxidation sites excluding steroid dienone is 1. The van der Waals surface area contributed by atoms with Crippen molar-refractivity contribution in [3.05, 3.63) is 39.6 Å². The second-order valence-electron chi connectivity index (χ2n) is 3.72. The second-order valence-corrected chi connectivity index (χ2v) is 3.72. The number of nitrogens with zero attached hydrogens (tertiary/aromatic N) is 1. The fraction of sp³-hybridized carbons (Fsp3) is 0.333. The van der Waals surface area contributed by atoms with Gasteiger partial charge in [-0.2, -0.15) is 0 Å². The molecule has 17 heavy (non-hydrogen) atoms. The number of benzene rings is 1. The number of hydrogen-bond donors (Lipinski definition) is 0. The first-order valence-electron chi connectivity index (χ1n) is 5.46.